The molecule has 0 aliphatic heterocycles. The van der Waals surface area contributed by atoms with Crippen molar-refractivity contribution in [3.8, 4) is 11.5 Å². The number of alkyl carbamates (subject to hydrolysis) is 1. The average Bonchev–Trinajstić information content (AvgIpc) is 2.97. The van der Waals surface area contributed by atoms with Crippen LogP contribution in [-0.2, 0) is 20.7 Å². The van der Waals surface area contributed by atoms with Crippen molar-refractivity contribution in [3.63, 3.8) is 0 Å². The third-order valence-corrected chi connectivity index (χ3v) is 6.96. The number of rotatable bonds is 13. The summed E-state index contributed by atoms with van der Waals surface area (Å²) in [5, 5.41) is 15.5. The number of carbonyl (C=O) groups excluding carboxylic acids is 3. The van der Waals surface area contributed by atoms with Crippen molar-refractivity contribution >= 4 is 23.6 Å². The Kier molecular flexibility index (Phi) is 12.2. The molecule has 0 aliphatic rings. The largest absolute Gasteiger partial charge is 0.508 e. The third kappa shape index (κ3) is 10.3. The number of phenolic OH excluding ortho intramolecular Hbond substituents is 1. The molecule has 3 rings (SSSR count). The molecule has 3 amide bonds. The number of hydrogen-bond donors (Lipinski definition) is 3. The minimum absolute atomic E-state index is 0.0903. The molecule has 0 aliphatic carbocycles. The molecule has 9 heteroatoms. The Bertz CT molecular complexity index is 1370. The van der Waals surface area contributed by atoms with E-state index in [1.54, 1.807) is 69.2 Å². The number of amides is 3. The number of carbonyl (C=O) groups is 3. The number of nitrogens with one attached hydrogen (secondary N) is 2. The number of unbranched alkanes of at least 4 members (excludes halogenated alkanes) is 2. The Morgan fingerprint density at radius 2 is 1.55 bits per heavy atom. The van der Waals surface area contributed by atoms with Gasteiger partial charge in [0.2, 0.25) is 5.91 Å². The molecule has 2 unspecified atom stereocenters. The fraction of sp³-hybridized carbons (Fsp3) is 0.400. The van der Waals surface area contributed by atoms with Crippen LogP contribution >= 0.6 is 0 Å². The summed E-state index contributed by atoms with van der Waals surface area (Å²) in [5.74, 6) is -0.0627. The van der Waals surface area contributed by atoms with Crippen molar-refractivity contribution < 1.29 is 29.0 Å². The molecule has 9 nitrogen and oxygen atoms in total. The highest BCUT2D eigenvalue weighted by atomic mass is 16.6. The molecule has 0 saturated heterocycles. The topological polar surface area (TPSA) is 117 Å². The van der Waals surface area contributed by atoms with Gasteiger partial charge in [-0.15, -0.1) is 0 Å². The highest BCUT2D eigenvalue weighted by molar-refractivity contribution is 5.99. The number of ether oxygens (including phenoxy) is 2. The van der Waals surface area contributed by atoms with Crippen molar-refractivity contribution in [1.82, 2.24) is 10.2 Å². The number of nitrogens with zero attached hydrogens (tertiary/aromatic N) is 1. The van der Waals surface area contributed by atoms with Crippen LogP contribution in [0, 0.1) is 6.92 Å². The Morgan fingerprint density at radius 1 is 0.909 bits per heavy atom. The van der Waals surface area contributed by atoms with Gasteiger partial charge in [-0.3, -0.25) is 9.59 Å². The van der Waals surface area contributed by atoms with Crippen LogP contribution < -0.4 is 15.4 Å². The van der Waals surface area contributed by atoms with Crippen LogP contribution in [0.25, 0.3) is 0 Å². The van der Waals surface area contributed by atoms with Gasteiger partial charge < -0.3 is 30.1 Å². The molecule has 3 N–H and O–H groups in total. The van der Waals surface area contributed by atoms with Crippen molar-refractivity contribution in [2.75, 3.05) is 19.0 Å². The lowest BCUT2D eigenvalue weighted by Crippen LogP contribution is -2.53. The van der Waals surface area contributed by atoms with Gasteiger partial charge in [-0.05, 0) is 81.6 Å². The molecular weight excluding hydrogens is 558 g/mol. The quantitative estimate of drug-likeness (QED) is 0.191. The summed E-state index contributed by atoms with van der Waals surface area (Å²) < 4.78 is 10.8. The molecule has 0 aromatic heterocycles. The second-order valence-electron chi connectivity index (χ2n) is 11.8. The third-order valence-electron chi connectivity index (χ3n) is 6.96. The van der Waals surface area contributed by atoms with Gasteiger partial charge in [-0.1, -0.05) is 61.7 Å². The predicted molar refractivity (Wildman–Crippen MR) is 172 cm³/mol. The summed E-state index contributed by atoms with van der Waals surface area (Å²) in [7, 11) is 1.57. The molecular formula is C35H45N3O6. The van der Waals surface area contributed by atoms with Gasteiger partial charge in [0.05, 0.1) is 7.11 Å². The van der Waals surface area contributed by atoms with Gasteiger partial charge in [-0.2, -0.15) is 0 Å². The van der Waals surface area contributed by atoms with Gasteiger partial charge in [-0.25, -0.2) is 4.79 Å². The Balaban J connectivity index is 2.05. The maximum absolute atomic E-state index is 14.5. The predicted octanol–water partition coefficient (Wildman–Crippen LogP) is 6.54. The Labute approximate surface area is 260 Å². The summed E-state index contributed by atoms with van der Waals surface area (Å²) in [6.07, 6.45) is 1.83. The first-order valence-electron chi connectivity index (χ1n) is 15.0. The van der Waals surface area contributed by atoms with Gasteiger partial charge in [0.15, 0.2) is 0 Å². The van der Waals surface area contributed by atoms with E-state index in [1.807, 2.05) is 31.2 Å². The standard InChI is InChI=1S/C35H45N3O6/c1-7-8-9-22-38(33(41)30(37-34(42)44-35(3,4)5)23-25-12-18-28(39)19-13-25)31(26-14-10-24(2)11-15-26)32(40)36-27-16-20-29(43-6)21-17-27/h10-21,30-31,39H,7-9,22-23H2,1-6H3,(H,36,40)(H,37,42). The Hall–Kier alpha value is -4.53. The van der Waals surface area contributed by atoms with E-state index in [2.05, 4.69) is 17.6 Å². The lowest BCUT2D eigenvalue weighted by atomic mass is 9.99. The number of aryl methyl sites for hydroxylation is 1. The van der Waals surface area contributed by atoms with E-state index in [0.717, 1.165) is 24.0 Å². The van der Waals surface area contributed by atoms with E-state index in [9.17, 15) is 19.5 Å². The number of benzene rings is 3. The summed E-state index contributed by atoms with van der Waals surface area (Å²) in [6, 6.07) is 18.9. The number of methoxy groups -OCH3 is 1. The zero-order chi connectivity index (χ0) is 32.3. The van der Waals surface area contributed by atoms with Gasteiger partial charge in [0.25, 0.3) is 5.91 Å². The van der Waals surface area contributed by atoms with Crippen molar-refractivity contribution in [3.05, 3.63) is 89.5 Å². The van der Waals surface area contributed by atoms with Crippen LogP contribution in [0.3, 0.4) is 0 Å². The number of phenols is 1. The van der Waals surface area contributed by atoms with E-state index < -0.39 is 29.7 Å². The zero-order valence-corrected chi connectivity index (χ0v) is 26.6. The molecule has 0 fully saturated rings. The molecule has 0 saturated carbocycles. The van der Waals surface area contributed by atoms with Crippen molar-refractivity contribution in [2.45, 2.75) is 78.0 Å². The SMILES string of the molecule is CCCCCN(C(=O)C(Cc1ccc(O)cc1)NC(=O)OC(C)(C)C)C(C(=O)Nc1ccc(OC)cc1)c1ccc(C)cc1. The lowest BCUT2D eigenvalue weighted by Gasteiger charge is -2.34. The maximum atomic E-state index is 14.5. The number of anilines is 1. The highest BCUT2D eigenvalue weighted by Gasteiger charge is 2.36. The van der Waals surface area contributed by atoms with Crippen molar-refractivity contribution in [1.29, 1.82) is 0 Å². The molecule has 0 heterocycles. The molecule has 3 aromatic rings. The second kappa shape index (κ2) is 15.8. The summed E-state index contributed by atoms with van der Waals surface area (Å²) >= 11 is 0. The molecule has 3 aromatic carbocycles. The summed E-state index contributed by atoms with van der Waals surface area (Å²) in [6.45, 7) is 9.56. The zero-order valence-electron chi connectivity index (χ0n) is 26.6. The first kappa shape index (κ1) is 34.0. The van der Waals surface area contributed by atoms with Crippen LogP contribution in [0.2, 0.25) is 0 Å². The average molecular weight is 604 g/mol. The summed E-state index contributed by atoms with van der Waals surface area (Å²) in [5.41, 5.74) is 2.16. The lowest BCUT2D eigenvalue weighted by molar-refractivity contribution is -0.140. The molecule has 2 atom stereocenters. The molecule has 0 spiro atoms. The smallest absolute Gasteiger partial charge is 0.408 e. The first-order valence-corrected chi connectivity index (χ1v) is 15.0. The molecule has 0 radical (unpaired) electrons. The van der Waals surface area contributed by atoms with E-state index in [4.69, 9.17) is 9.47 Å². The van der Waals surface area contributed by atoms with Crippen LogP contribution in [0.4, 0.5) is 10.5 Å². The second-order valence-corrected chi connectivity index (χ2v) is 11.8. The number of aromatic hydroxyl groups is 1. The van der Waals surface area contributed by atoms with Gasteiger partial charge in [0, 0.05) is 18.7 Å². The normalized spacial score (nSPS) is 12.5. The fourth-order valence-electron chi connectivity index (χ4n) is 4.72. The van der Waals surface area contributed by atoms with Crippen LogP contribution in [0.5, 0.6) is 11.5 Å². The van der Waals surface area contributed by atoms with E-state index in [1.165, 1.54) is 12.1 Å². The van der Waals surface area contributed by atoms with Crippen LogP contribution in [0.15, 0.2) is 72.8 Å². The minimum Gasteiger partial charge on any atom is -0.508 e. The summed E-state index contributed by atoms with van der Waals surface area (Å²) in [4.78, 5) is 43.2. The van der Waals surface area contributed by atoms with Crippen LogP contribution in [0.1, 0.15) is 69.7 Å². The van der Waals surface area contributed by atoms with E-state index in [0.29, 0.717) is 30.0 Å². The monoisotopic (exact) mass is 603 g/mol. The highest BCUT2D eigenvalue weighted by Crippen LogP contribution is 2.27. The fourth-order valence-corrected chi connectivity index (χ4v) is 4.72. The van der Waals surface area contributed by atoms with E-state index in [-0.39, 0.29) is 18.1 Å². The van der Waals surface area contributed by atoms with Gasteiger partial charge in [0.1, 0.15) is 29.2 Å². The molecule has 0 bridgehead atoms. The minimum atomic E-state index is -1.04. The van der Waals surface area contributed by atoms with Crippen LogP contribution in [-0.4, -0.2) is 53.2 Å². The van der Waals surface area contributed by atoms with Crippen molar-refractivity contribution in [2.24, 2.45) is 0 Å². The van der Waals surface area contributed by atoms with Gasteiger partial charge >= 0.3 is 6.09 Å². The number of hydrogen-bond acceptors (Lipinski definition) is 6. The first-order chi connectivity index (χ1) is 20.9. The Morgan fingerprint density at radius 3 is 2.11 bits per heavy atom. The van der Waals surface area contributed by atoms with E-state index >= 15 is 0 Å². The molecule has 236 valence electrons. The molecule has 44 heavy (non-hydrogen) atoms. The maximum Gasteiger partial charge on any atom is 0.408 e.